The molecule has 1 N–H and O–H groups in total. The molecule has 6 nitrogen and oxygen atoms in total. The first-order valence-electron chi connectivity index (χ1n) is 6.80. The van der Waals surface area contributed by atoms with Crippen molar-refractivity contribution in [3.63, 3.8) is 0 Å². The van der Waals surface area contributed by atoms with E-state index in [-0.39, 0.29) is 18.3 Å². The first-order chi connectivity index (χ1) is 9.74. The zero-order valence-electron chi connectivity index (χ0n) is 11.2. The number of benzene rings is 1. The summed E-state index contributed by atoms with van der Waals surface area (Å²) in [5.41, 5.74) is 0.648. The predicted molar refractivity (Wildman–Crippen MR) is 73.2 cm³/mol. The molecule has 20 heavy (non-hydrogen) atoms. The van der Waals surface area contributed by atoms with E-state index in [1.54, 1.807) is 23.1 Å². The number of morpholine rings is 1. The maximum atomic E-state index is 12.0. The molecule has 0 aromatic heterocycles. The lowest BCUT2D eigenvalue weighted by Gasteiger charge is -2.33. The van der Waals surface area contributed by atoms with Crippen LogP contribution in [0.1, 0.15) is 0 Å². The van der Waals surface area contributed by atoms with Gasteiger partial charge in [-0.1, -0.05) is 0 Å². The molecule has 1 aromatic rings. The Morgan fingerprint density at radius 3 is 2.80 bits per heavy atom. The minimum absolute atomic E-state index is 0.0564. The van der Waals surface area contributed by atoms with Crippen LogP contribution in [0.3, 0.4) is 0 Å². The van der Waals surface area contributed by atoms with Gasteiger partial charge in [0.2, 0.25) is 0 Å². The fourth-order valence-electron chi connectivity index (χ4n) is 2.50. The molecule has 2 aliphatic rings. The van der Waals surface area contributed by atoms with Gasteiger partial charge in [0.15, 0.2) is 6.61 Å². The van der Waals surface area contributed by atoms with Crippen molar-refractivity contribution in [3.8, 4) is 11.5 Å². The van der Waals surface area contributed by atoms with Crippen molar-refractivity contribution in [1.82, 2.24) is 4.90 Å². The highest BCUT2D eigenvalue weighted by atomic mass is 16.5. The normalized spacial score (nSPS) is 19.6. The molecular weight excluding hydrogens is 260 g/mol. The van der Waals surface area contributed by atoms with E-state index in [2.05, 4.69) is 4.90 Å². The van der Waals surface area contributed by atoms with Crippen LogP contribution in [0, 0.1) is 0 Å². The summed E-state index contributed by atoms with van der Waals surface area (Å²) in [7, 11) is 0. The van der Waals surface area contributed by atoms with Crippen molar-refractivity contribution in [3.05, 3.63) is 18.2 Å². The molecule has 0 radical (unpaired) electrons. The standard InChI is InChI=1S/C14H18N2O4/c17-11-1-2-13-12(9-11)16(14(18)10-20-13)4-3-15-5-7-19-8-6-15/h1-2,9,17H,3-8,10H2. The van der Waals surface area contributed by atoms with Crippen LogP contribution in [-0.2, 0) is 9.53 Å². The molecule has 1 amide bonds. The number of rotatable bonds is 3. The van der Waals surface area contributed by atoms with Gasteiger partial charge >= 0.3 is 0 Å². The Bertz CT molecular complexity index is 500. The SMILES string of the molecule is O=C1COc2ccc(O)cc2N1CCN1CCOCC1. The number of aromatic hydroxyl groups is 1. The van der Waals surface area contributed by atoms with Gasteiger partial charge in [-0.2, -0.15) is 0 Å². The molecule has 1 aromatic carbocycles. The number of hydrogen-bond acceptors (Lipinski definition) is 5. The number of fused-ring (bicyclic) bond motifs is 1. The van der Waals surface area contributed by atoms with Crippen LogP contribution in [0.25, 0.3) is 0 Å². The summed E-state index contributed by atoms with van der Waals surface area (Å²) in [6, 6.07) is 4.83. The Hall–Kier alpha value is -1.79. The second-order valence-electron chi connectivity index (χ2n) is 4.94. The molecule has 0 aliphatic carbocycles. The lowest BCUT2D eigenvalue weighted by Crippen LogP contribution is -2.45. The number of carbonyl (C=O) groups excluding carboxylic acids is 1. The van der Waals surface area contributed by atoms with Crippen LogP contribution in [0.15, 0.2) is 18.2 Å². The van der Waals surface area contributed by atoms with Crippen LogP contribution in [-0.4, -0.2) is 61.9 Å². The van der Waals surface area contributed by atoms with E-state index in [0.29, 0.717) is 18.0 Å². The topological polar surface area (TPSA) is 62.2 Å². The van der Waals surface area contributed by atoms with Gasteiger partial charge in [-0.3, -0.25) is 9.69 Å². The van der Waals surface area contributed by atoms with E-state index in [1.165, 1.54) is 0 Å². The van der Waals surface area contributed by atoms with Crippen LogP contribution in [0.5, 0.6) is 11.5 Å². The average Bonchev–Trinajstić information content (AvgIpc) is 2.47. The smallest absolute Gasteiger partial charge is 0.265 e. The maximum absolute atomic E-state index is 12.0. The van der Waals surface area contributed by atoms with E-state index in [4.69, 9.17) is 9.47 Å². The van der Waals surface area contributed by atoms with E-state index in [0.717, 1.165) is 32.8 Å². The second-order valence-corrected chi connectivity index (χ2v) is 4.94. The Morgan fingerprint density at radius 1 is 1.20 bits per heavy atom. The average molecular weight is 278 g/mol. The van der Waals surface area contributed by atoms with Gasteiger partial charge in [-0.15, -0.1) is 0 Å². The van der Waals surface area contributed by atoms with Crippen molar-refractivity contribution in [1.29, 1.82) is 0 Å². The zero-order valence-corrected chi connectivity index (χ0v) is 11.2. The fraction of sp³-hybridized carbons (Fsp3) is 0.500. The zero-order chi connectivity index (χ0) is 13.9. The van der Waals surface area contributed by atoms with Crippen LogP contribution >= 0.6 is 0 Å². The van der Waals surface area contributed by atoms with Crippen molar-refractivity contribution in [2.75, 3.05) is 50.9 Å². The van der Waals surface area contributed by atoms with Gasteiger partial charge in [-0.05, 0) is 12.1 Å². The van der Waals surface area contributed by atoms with E-state index >= 15 is 0 Å². The third-order valence-corrected chi connectivity index (χ3v) is 3.63. The number of carbonyl (C=O) groups is 1. The summed E-state index contributed by atoms with van der Waals surface area (Å²) in [6.07, 6.45) is 0. The molecule has 108 valence electrons. The number of nitrogens with zero attached hydrogens (tertiary/aromatic N) is 2. The highest BCUT2D eigenvalue weighted by Gasteiger charge is 2.26. The molecule has 1 saturated heterocycles. The van der Waals surface area contributed by atoms with Gasteiger partial charge in [0, 0.05) is 32.2 Å². The van der Waals surface area contributed by atoms with E-state index in [9.17, 15) is 9.90 Å². The largest absolute Gasteiger partial charge is 0.508 e. The predicted octanol–water partition coefficient (Wildman–Crippen LogP) is 0.450. The van der Waals surface area contributed by atoms with Gasteiger partial charge in [0.25, 0.3) is 5.91 Å². The molecule has 1 fully saturated rings. The number of ether oxygens (including phenoxy) is 2. The molecule has 0 bridgehead atoms. The Balaban J connectivity index is 1.71. The Morgan fingerprint density at radius 2 is 2.00 bits per heavy atom. The van der Waals surface area contributed by atoms with Gasteiger partial charge < -0.3 is 19.5 Å². The van der Waals surface area contributed by atoms with Crippen LogP contribution in [0.2, 0.25) is 0 Å². The summed E-state index contributed by atoms with van der Waals surface area (Å²) < 4.78 is 10.7. The van der Waals surface area contributed by atoms with Crippen molar-refractivity contribution < 1.29 is 19.4 Å². The molecule has 3 rings (SSSR count). The third kappa shape index (κ3) is 2.71. The Kier molecular flexibility index (Phi) is 3.75. The number of phenolic OH excluding ortho intramolecular Hbond substituents is 1. The lowest BCUT2D eigenvalue weighted by molar-refractivity contribution is -0.121. The molecule has 0 atom stereocenters. The Labute approximate surface area is 117 Å². The van der Waals surface area contributed by atoms with E-state index < -0.39 is 0 Å². The van der Waals surface area contributed by atoms with Crippen LogP contribution in [0.4, 0.5) is 5.69 Å². The quantitative estimate of drug-likeness (QED) is 0.870. The van der Waals surface area contributed by atoms with Gasteiger partial charge in [-0.25, -0.2) is 0 Å². The second kappa shape index (κ2) is 5.68. The maximum Gasteiger partial charge on any atom is 0.265 e. The molecule has 2 aliphatic heterocycles. The van der Waals surface area contributed by atoms with Gasteiger partial charge in [0.1, 0.15) is 11.5 Å². The summed E-state index contributed by atoms with van der Waals surface area (Å²) in [6.45, 7) is 4.73. The van der Waals surface area contributed by atoms with E-state index in [1.807, 2.05) is 0 Å². The summed E-state index contributed by atoms with van der Waals surface area (Å²) >= 11 is 0. The van der Waals surface area contributed by atoms with Crippen molar-refractivity contribution in [2.24, 2.45) is 0 Å². The monoisotopic (exact) mass is 278 g/mol. The fourth-order valence-corrected chi connectivity index (χ4v) is 2.50. The number of phenols is 1. The summed E-state index contributed by atoms with van der Waals surface area (Å²) in [5.74, 6) is 0.708. The number of hydrogen-bond donors (Lipinski definition) is 1. The minimum atomic E-state index is -0.0728. The highest BCUT2D eigenvalue weighted by molar-refractivity contribution is 5.98. The highest BCUT2D eigenvalue weighted by Crippen LogP contribution is 2.34. The van der Waals surface area contributed by atoms with Crippen LogP contribution < -0.4 is 9.64 Å². The third-order valence-electron chi connectivity index (χ3n) is 3.63. The lowest BCUT2D eigenvalue weighted by atomic mass is 10.2. The first kappa shape index (κ1) is 13.2. The number of amides is 1. The van der Waals surface area contributed by atoms with Crippen molar-refractivity contribution in [2.45, 2.75) is 0 Å². The minimum Gasteiger partial charge on any atom is -0.508 e. The number of anilines is 1. The molecule has 0 unspecified atom stereocenters. The van der Waals surface area contributed by atoms with Crippen molar-refractivity contribution >= 4 is 11.6 Å². The first-order valence-corrected chi connectivity index (χ1v) is 6.80. The molecule has 0 saturated carbocycles. The molecule has 6 heteroatoms. The molecule has 2 heterocycles. The van der Waals surface area contributed by atoms with Gasteiger partial charge in [0.05, 0.1) is 18.9 Å². The summed E-state index contributed by atoms with van der Waals surface area (Å²) in [4.78, 5) is 16.0. The molecule has 0 spiro atoms. The molecular formula is C14H18N2O4. The summed E-state index contributed by atoms with van der Waals surface area (Å²) in [5, 5.41) is 9.59.